The van der Waals surface area contributed by atoms with Crippen LogP contribution in [0, 0.1) is 0 Å². The molecule has 0 atom stereocenters. The summed E-state index contributed by atoms with van der Waals surface area (Å²) in [7, 11) is 1.63. The van der Waals surface area contributed by atoms with Crippen molar-refractivity contribution >= 4 is 5.69 Å². The van der Waals surface area contributed by atoms with Gasteiger partial charge in [0.1, 0.15) is 0 Å². The third kappa shape index (κ3) is 1.96. The molecule has 14 heavy (non-hydrogen) atoms. The summed E-state index contributed by atoms with van der Waals surface area (Å²) in [6.07, 6.45) is 3.14. The van der Waals surface area contributed by atoms with Crippen molar-refractivity contribution in [1.82, 2.24) is 4.98 Å². The van der Waals surface area contributed by atoms with Gasteiger partial charge in [0, 0.05) is 6.07 Å². The van der Waals surface area contributed by atoms with E-state index in [2.05, 4.69) is 10.5 Å². The van der Waals surface area contributed by atoms with Crippen molar-refractivity contribution in [3.05, 3.63) is 17.8 Å². The van der Waals surface area contributed by atoms with Gasteiger partial charge in [0.15, 0.2) is 0 Å². The van der Waals surface area contributed by atoms with Crippen molar-refractivity contribution in [2.24, 2.45) is 0 Å². The molecular weight excluding hydrogens is 180 g/mol. The fourth-order valence-corrected chi connectivity index (χ4v) is 1.47. The molecule has 0 aromatic carbocycles. The van der Waals surface area contributed by atoms with E-state index in [-0.39, 0.29) is 0 Å². The molecule has 0 saturated heterocycles. The number of nitrogens with zero attached hydrogens (tertiary/aromatic N) is 1. The van der Waals surface area contributed by atoms with Crippen LogP contribution in [-0.2, 0) is 11.3 Å². The molecule has 4 nitrogen and oxygen atoms in total. The van der Waals surface area contributed by atoms with Gasteiger partial charge in [-0.3, -0.25) is 10.3 Å². The molecule has 0 radical (unpaired) electrons. The molecule has 4 heteroatoms. The Morgan fingerprint density at radius 2 is 2.36 bits per heavy atom. The molecule has 0 saturated carbocycles. The van der Waals surface area contributed by atoms with E-state index in [1.807, 2.05) is 12.1 Å². The van der Waals surface area contributed by atoms with E-state index in [4.69, 9.17) is 9.57 Å². The van der Waals surface area contributed by atoms with Crippen molar-refractivity contribution < 1.29 is 9.57 Å². The fourth-order valence-electron chi connectivity index (χ4n) is 1.47. The van der Waals surface area contributed by atoms with Crippen LogP contribution in [0.2, 0.25) is 0 Å². The van der Waals surface area contributed by atoms with E-state index in [1.54, 1.807) is 7.11 Å². The second-order valence-corrected chi connectivity index (χ2v) is 3.26. The lowest BCUT2D eigenvalue weighted by Gasteiger charge is -2.15. The summed E-state index contributed by atoms with van der Waals surface area (Å²) in [5.74, 6) is 0.658. The third-order valence-electron chi connectivity index (χ3n) is 2.25. The first-order valence-electron chi connectivity index (χ1n) is 4.82. The number of hydrogen-bond donors (Lipinski definition) is 1. The monoisotopic (exact) mass is 194 g/mol. The fraction of sp³-hybridized carbons (Fsp3) is 0.500. The first kappa shape index (κ1) is 9.27. The lowest BCUT2D eigenvalue weighted by Crippen LogP contribution is -2.10. The predicted octanol–water partition coefficient (Wildman–Crippen LogP) is 1.77. The molecule has 1 aromatic rings. The normalized spacial score (nSPS) is 16.1. The van der Waals surface area contributed by atoms with Crippen molar-refractivity contribution in [1.29, 1.82) is 0 Å². The molecular formula is C10H14N2O2. The van der Waals surface area contributed by atoms with Gasteiger partial charge in [-0.05, 0) is 25.3 Å². The highest BCUT2D eigenvalue weighted by Gasteiger charge is 2.08. The van der Waals surface area contributed by atoms with E-state index < -0.39 is 0 Å². The molecule has 2 heterocycles. The van der Waals surface area contributed by atoms with Crippen LogP contribution in [0.5, 0.6) is 5.88 Å². The third-order valence-corrected chi connectivity index (χ3v) is 2.25. The van der Waals surface area contributed by atoms with Crippen molar-refractivity contribution in [3.8, 4) is 5.88 Å². The minimum Gasteiger partial charge on any atom is -0.481 e. The Balaban J connectivity index is 2.26. The second-order valence-electron chi connectivity index (χ2n) is 3.26. The lowest BCUT2D eigenvalue weighted by atomic mass is 10.1. The largest absolute Gasteiger partial charge is 0.481 e. The van der Waals surface area contributed by atoms with Gasteiger partial charge in [-0.15, -0.1) is 0 Å². The van der Waals surface area contributed by atoms with Crippen LogP contribution >= 0.6 is 0 Å². The van der Waals surface area contributed by atoms with Crippen LogP contribution in [-0.4, -0.2) is 18.7 Å². The number of fused-ring (bicyclic) bond motifs is 1. The molecule has 0 amide bonds. The first-order valence-corrected chi connectivity index (χ1v) is 4.82. The van der Waals surface area contributed by atoms with E-state index >= 15 is 0 Å². The van der Waals surface area contributed by atoms with Crippen molar-refractivity contribution in [3.63, 3.8) is 0 Å². The maximum Gasteiger partial charge on any atom is 0.213 e. The van der Waals surface area contributed by atoms with Gasteiger partial charge in [-0.25, -0.2) is 4.98 Å². The van der Waals surface area contributed by atoms with Gasteiger partial charge in [-0.2, -0.15) is 0 Å². The number of methoxy groups -OCH3 is 1. The SMILES string of the molecule is COc1ccc2c(n1)CCCCON2. The van der Waals surface area contributed by atoms with Crippen LogP contribution in [0.3, 0.4) is 0 Å². The zero-order valence-corrected chi connectivity index (χ0v) is 8.25. The number of nitrogens with one attached hydrogen (secondary N) is 1. The number of aromatic nitrogens is 1. The Morgan fingerprint density at radius 3 is 3.21 bits per heavy atom. The Labute approximate surface area is 83.2 Å². The molecule has 0 unspecified atom stereocenters. The molecule has 0 spiro atoms. The smallest absolute Gasteiger partial charge is 0.213 e. The molecule has 2 rings (SSSR count). The highest BCUT2D eigenvalue weighted by atomic mass is 16.6. The lowest BCUT2D eigenvalue weighted by molar-refractivity contribution is 0.184. The van der Waals surface area contributed by atoms with Crippen molar-refractivity contribution in [2.75, 3.05) is 19.2 Å². The molecule has 1 aliphatic rings. The van der Waals surface area contributed by atoms with Gasteiger partial charge < -0.3 is 4.74 Å². The second kappa shape index (κ2) is 4.28. The summed E-state index contributed by atoms with van der Waals surface area (Å²) in [5.41, 5.74) is 4.87. The van der Waals surface area contributed by atoms with Gasteiger partial charge in [-0.1, -0.05) is 0 Å². The summed E-state index contributed by atoms with van der Waals surface area (Å²) in [6, 6.07) is 3.77. The Hall–Kier alpha value is -1.29. The maximum atomic E-state index is 5.24. The minimum atomic E-state index is 0.658. The Kier molecular flexibility index (Phi) is 2.84. The van der Waals surface area contributed by atoms with Crippen LogP contribution in [0.15, 0.2) is 12.1 Å². The number of hydrogen-bond acceptors (Lipinski definition) is 4. The highest BCUT2D eigenvalue weighted by molar-refractivity contribution is 5.47. The molecule has 1 aliphatic heterocycles. The number of pyridine rings is 1. The Morgan fingerprint density at radius 1 is 1.43 bits per heavy atom. The van der Waals surface area contributed by atoms with E-state index in [0.29, 0.717) is 5.88 Å². The van der Waals surface area contributed by atoms with Gasteiger partial charge in [0.2, 0.25) is 5.88 Å². The molecule has 76 valence electrons. The standard InChI is InChI=1S/C10H14N2O2/c1-13-10-6-5-9-8(11-10)4-2-3-7-14-12-9/h5-6,12H,2-4,7H2,1H3. The van der Waals surface area contributed by atoms with Crippen LogP contribution in [0.1, 0.15) is 18.5 Å². The van der Waals surface area contributed by atoms with Crippen LogP contribution < -0.4 is 10.2 Å². The maximum absolute atomic E-state index is 5.24. The number of anilines is 1. The molecule has 0 bridgehead atoms. The van der Waals surface area contributed by atoms with E-state index in [0.717, 1.165) is 37.3 Å². The summed E-state index contributed by atoms with van der Waals surface area (Å²) in [6.45, 7) is 0.755. The molecule has 0 fully saturated rings. The van der Waals surface area contributed by atoms with Crippen LogP contribution in [0.25, 0.3) is 0 Å². The zero-order valence-electron chi connectivity index (χ0n) is 8.25. The number of ether oxygens (including phenoxy) is 1. The molecule has 1 N–H and O–H groups in total. The average Bonchev–Trinajstić information content (AvgIpc) is 2.18. The van der Waals surface area contributed by atoms with E-state index in [1.165, 1.54) is 0 Å². The number of aryl methyl sites for hydroxylation is 1. The van der Waals surface area contributed by atoms with Crippen LogP contribution in [0.4, 0.5) is 5.69 Å². The van der Waals surface area contributed by atoms with E-state index in [9.17, 15) is 0 Å². The summed E-state index contributed by atoms with van der Waals surface area (Å²) in [4.78, 5) is 9.61. The Bertz CT molecular complexity index is 315. The van der Waals surface area contributed by atoms with Crippen molar-refractivity contribution in [2.45, 2.75) is 19.3 Å². The van der Waals surface area contributed by atoms with Gasteiger partial charge in [0.05, 0.1) is 25.1 Å². The molecule has 1 aromatic heterocycles. The summed E-state index contributed by atoms with van der Waals surface area (Å²) >= 11 is 0. The minimum absolute atomic E-state index is 0.658. The zero-order chi connectivity index (χ0) is 9.80. The van der Waals surface area contributed by atoms with Gasteiger partial charge >= 0.3 is 0 Å². The summed E-state index contributed by atoms with van der Waals surface area (Å²) in [5, 5.41) is 0. The first-order chi connectivity index (χ1) is 6.90. The average molecular weight is 194 g/mol. The summed E-state index contributed by atoms with van der Waals surface area (Å²) < 4.78 is 5.07. The highest BCUT2D eigenvalue weighted by Crippen LogP contribution is 2.21. The number of rotatable bonds is 1. The topological polar surface area (TPSA) is 43.4 Å². The van der Waals surface area contributed by atoms with Gasteiger partial charge in [0.25, 0.3) is 0 Å². The predicted molar refractivity (Wildman–Crippen MR) is 53.3 cm³/mol. The molecule has 0 aliphatic carbocycles. The quantitative estimate of drug-likeness (QED) is 0.740.